The molecule has 8 nitrogen and oxygen atoms in total. The molecular formula is C37H46ClN3O5. The fourth-order valence-corrected chi connectivity index (χ4v) is 8.56. The van der Waals surface area contributed by atoms with Crippen molar-refractivity contribution < 1.29 is 24.2 Å². The first-order valence-electron chi connectivity index (χ1n) is 16.1. The zero-order chi connectivity index (χ0) is 33.6. The van der Waals surface area contributed by atoms with E-state index in [2.05, 4.69) is 13.2 Å². The average Bonchev–Trinajstić information content (AvgIpc) is 3.53. The van der Waals surface area contributed by atoms with Gasteiger partial charge >= 0.3 is 0 Å². The first-order chi connectivity index (χ1) is 21.9. The summed E-state index contributed by atoms with van der Waals surface area (Å²) in [5.41, 5.74) is 0.00457. The summed E-state index contributed by atoms with van der Waals surface area (Å²) in [6.07, 6.45) is 3.73. The van der Waals surface area contributed by atoms with Crippen molar-refractivity contribution in [2.24, 2.45) is 23.7 Å². The highest BCUT2D eigenvalue weighted by atomic mass is 35.5. The lowest BCUT2D eigenvalue weighted by atomic mass is 9.62. The van der Waals surface area contributed by atoms with E-state index in [1.807, 2.05) is 77.1 Å². The van der Waals surface area contributed by atoms with Gasteiger partial charge in [0.15, 0.2) is 0 Å². The summed E-state index contributed by atoms with van der Waals surface area (Å²) in [6, 6.07) is 13.4. The molecule has 3 unspecified atom stereocenters. The first kappa shape index (κ1) is 33.9. The Hall–Kier alpha value is -3.46. The zero-order valence-corrected chi connectivity index (χ0v) is 28.2. The molecule has 0 saturated carbocycles. The summed E-state index contributed by atoms with van der Waals surface area (Å²) >= 11 is 6.71. The van der Waals surface area contributed by atoms with Crippen LogP contribution in [0.2, 0.25) is 5.02 Å². The van der Waals surface area contributed by atoms with Gasteiger partial charge in [0.05, 0.1) is 40.8 Å². The summed E-state index contributed by atoms with van der Waals surface area (Å²) in [7, 11) is 0. The van der Waals surface area contributed by atoms with Gasteiger partial charge in [0.1, 0.15) is 11.6 Å². The summed E-state index contributed by atoms with van der Waals surface area (Å²) < 4.78 is 7.01. The van der Waals surface area contributed by atoms with Crippen molar-refractivity contribution in [3.8, 4) is 0 Å². The number of nitrogens with zero attached hydrogens (tertiary/aromatic N) is 3. The molecule has 9 heteroatoms. The number of aryl methyl sites for hydroxylation is 1. The second kappa shape index (κ2) is 13.0. The summed E-state index contributed by atoms with van der Waals surface area (Å²) in [5.74, 6) is -2.98. The number of likely N-dealkylation sites (tertiary alicyclic amines) is 1. The van der Waals surface area contributed by atoms with Crippen LogP contribution in [0.1, 0.15) is 45.2 Å². The number of rotatable bonds is 12. The molecular weight excluding hydrogens is 602 g/mol. The Balaban J connectivity index is 1.66. The lowest BCUT2D eigenvalue weighted by Crippen LogP contribution is -2.60. The molecule has 0 radical (unpaired) electrons. The number of aliphatic hydroxyl groups excluding tert-OH is 1. The van der Waals surface area contributed by atoms with E-state index in [1.165, 1.54) is 4.90 Å². The van der Waals surface area contributed by atoms with Gasteiger partial charge in [0.25, 0.3) is 5.91 Å². The molecule has 2 aromatic rings. The predicted octanol–water partition coefficient (Wildman–Crippen LogP) is 5.41. The van der Waals surface area contributed by atoms with Gasteiger partial charge in [0, 0.05) is 19.6 Å². The van der Waals surface area contributed by atoms with Crippen LogP contribution in [-0.2, 0) is 25.7 Å². The minimum Gasteiger partial charge on any atom is -0.394 e. The molecule has 3 aliphatic rings. The molecule has 2 aromatic carbocycles. The molecule has 0 aromatic heterocycles. The third kappa shape index (κ3) is 5.28. The van der Waals surface area contributed by atoms with Crippen LogP contribution >= 0.6 is 11.6 Å². The Kier molecular flexibility index (Phi) is 9.56. The van der Waals surface area contributed by atoms with E-state index >= 15 is 4.79 Å². The molecule has 3 amide bonds. The van der Waals surface area contributed by atoms with E-state index in [-0.39, 0.29) is 42.7 Å². The van der Waals surface area contributed by atoms with E-state index in [0.29, 0.717) is 30.2 Å². The Morgan fingerprint density at radius 3 is 2.37 bits per heavy atom. The molecule has 3 saturated heterocycles. The number of carbonyl (C=O) groups is 3. The van der Waals surface area contributed by atoms with Crippen molar-refractivity contribution in [3.63, 3.8) is 0 Å². The van der Waals surface area contributed by atoms with Gasteiger partial charge in [0.2, 0.25) is 11.8 Å². The number of para-hydroxylation sites is 1. The highest BCUT2D eigenvalue weighted by molar-refractivity contribution is 6.34. The molecule has 46 heavy (non-hydrogen) atoms. The Labute approximate surface area is 277 Å². The summed E-state index contributed by atoms with van der Waals surface area (Å²) in [6.45, 7) is 17.9. The maximum atomic E-state index is 15.1. The molecule has 1 N–H and O–H groups in total. The molecule has 246 valence electrons. The van der Waals surface area contributed by atoms with Crippen molar-refractivity contribution in [2.45, 2.75) is 70.9 Å². The number of halogens is 1. The molecule has 3 aliphatic heterocycles. The van der Waals surface area contributed by atoms with Gasteiger partial charge in [-0.05, 0) is 49.3 Å². The Bertz CT molecular complexity index is 1490. The fourth-order valence-electron chi connectivity index (χ4n) is 8.23. The number of anilines is 1. The third-order valence-corrected chi connectivity index (χ3v) is 10.8. The molecule has 7 atom stereocenters. The number of fused-ring (bicyclic) bond motifs is 1. The van der Waals surface area contributed by atoms with Crippen LogP contribution in [0, 0.1) is 30.6 Å². The van der Waals surface area contributed by atoms with Gasteiger partial charge in [-0.25, -0.2) is 0 Å². The second-order valence-corrected chi connectivity index (χ2v) is 14.0. The Morgan fingerprint density at radius 1 is 1.11 bits per heavy atom. The second-order valence-electron chi connectivity index (χ2n) is 13.6. The number of ether oxygens (including phenoxy) is 1. The zero-order valence-electron chi connectivity index (χ0n) is 27.5. The van der Waals surface area contributed by atoms with Gasteiger partial charge in [-0.3, -0.25) is 14.4 Å². The van der Waals surface area contributed by atoms with Crippen LogP contribution in [0.4, 0.5) is 5.69 Å². The largest absolute Gasteiger partial charge is 0.394 e. The van der Waals surface area contributed by atoms with Crippen molar-refractivity contribution in [1.29, 1.82) is 0 Å². The normalized spacial score (nSPS) is 28.7. The van der Waals surface area contributed by atoms with E-state index < -0.39 is 35.1 Å². The maximum Gasteiger partial charge on any atom is 0.253 e. The minimum absolute atomic E-state index is 0.135. The number of hydrogen-bond acceptors (Lipinski definition) is 5. The number of carbonyl (C=O) groups excluding carboxylic acids is 3. The van der Waals surface area contributed by atoms with Crippen LogP contribution in [0.5, 0.6) is 0 Å². The van der Waals surface area contributed by atoms with Crippen LogP contribution in [0.3, 0.4) is 0 Å². The van der Waals surface area contributed by atoms with E-state index in [9.17, 15) is 14.7 Å². The first-order valence-corrected chi connectivity index (χ1v) is 16.5. The topological polar surface area (TPSA) is 90.4 Å². The third-order valence-electron chi connectivity index (χ3n) is 10.5. The predicted molar refractivity (Wildman–Crippen MR) is 180 cm³/mol. The van der Waals surface area contributed by atoms with Gasteiger partial charge in [-0.15, -0.1) is 13.2 Å². The van der Waals surface area contributed by atoms with Gasteiger partial charge in [-0.1, -0.05) is 87.0 Å². The Morgan fingerprint density at radius 2 is 1.78 bits per heavy atom. The standard InChI is InChI=1S/C37H46ClN3O5/c1-8-18-39(21-26-15-11-10-12-16-26)33(43)29-30-34(44)41(28(22-42)23(3)4)32(37(30)20-25(6)36(29,7)46-37)35(45)40(19-9-2)31-24(5)14-13-17-27(31)38/h8-17,23,25,28-30,32,42H,1-2,18-22H2,3-7H3/t25?,28-,29+,30-,32?,36-,37?/m0/s1. The lowest BCUT2D eigenvalue weighted by molar-refractivity contribution is -0.154. The van der Waals surface area contributed by atoms with Crippen molar-refractivity contribution >= 4 is 35.0 Å². The van der Waals surface area contributed by atoms with E-state index in [1.54, 1.807) is 28.0 Å². The van der Waals surface area contributed by atoms with Crippen molar-refractivity contribution in [2.75, 3.05) is 24.6 Å². The van der Waals surface area contributed by atoms with Crippen molar-refractivity contribution in [3.05, 3.63) is 90.0 Å². The minimum atomic E-state index is -1.29. The molecule has 3 fully saturated rings. The number of benzene rings is 2. The van der Waals surface area contributed by atoms with Crippen LogP contribution in [0.25, 0.3) is 0 Å². The molecule has 1 spiro atoms. The number of hydrogen-bond donors (Lipinski definition) is 1. The molecule has 5 rings (SSSR count). The highest BCUT2D eigenvalue weighted by Crippen LogP contribution is 2.66. The smallest absolute Gasteiger partial charge is 0.253 e. The van der Waals surface area contributed by atoms with Gasteiger partial charge < -0.3 is 24.5 Å². The summed E-state index contributed by atoms with van der Waals surface area (Å²) in [5, 5.41) is 11.1. The quantitative estimate of drug-likeness (QED) is 0.311. The van der Waals surface area contributed by atoms with E-state index in [4.69, 9.17) is 16.3 Å². The average molecular weight is 648 g/mol. The molecule has 0 aliphatic carbocycles. The number of aliphatic hydroxyl groups is 1. The summed E-state index contributed by atoms with van der Waals surface area (Å²) in [4.78, 5) is 49.5. The lowest BCUT2D eigenvalue weighted by Gasteiger charge is -2.41. The van der Waals surface area contributed by atoms with Gasteiger partial charge in [-0.2, -0.15) is 0 Å². The monoisotopic (exact) mass is 647 g/mol. The van der Waals surface area contributed by atoms with Crippen LogP contribution in [-0.4, -0.2) is 75.6 Å². The van der Waals surface area contributed by atoms with Crippen LogP contribution < -0.4 is 4.90 Å². The fraction of sp³-hybridized carbons (Fsp3) is 0.486. The van der Waals surface area contributed by atoms with Crippen LogP contribution in [0.15, 0.2) is 73.8 Å². The van der Waals surface area contributed by atoms with E-state index in [0.717, 1.165) is 11.1 Å². The van der Waals surface area contributed by atoms with Crippen molar-refractivity contribution in [1.82, 2.24) is 9.80 Å². The number of amides is 3. The SMILES string of the molecule is C=CCN(Cc1ccccc1)C(=O)[C@H]1[C@H]2C(=O)N([C@@H](CO)C(C)C)C(C(=O)N(CC=C)c3c(C)cccc3Cl)C23CC(C)[C@]1(C)O3. The highest BCUT2D eigenvalue weighted by Gasteiger charge is 2.80. The molecule has 2 bridgehead atoms. The molecule has 3 heterocycles. The maximum absolute atomic E-state index is 15.1.